The van der Waals surface area contributed by atoms with Crippen LogP contribution in [-0.2, 0) is 6.42 Å². The first-order valence-electron chi connectivity index (χ1n) is 8.35. The summed E-state index contributed by atoms with van der Waals surface area (Å²) in [6.45, 7) is 0. The highest BCUT2D eigenvalue weighted by Gasteiger charge is 2.15. The Kier molecular flexibility index (Phi) is 5.81. The summed E-state index contributed by atoms with van der Waals surface area (Å²) in [5, 5.41) is 10.6. The summed E-state index contributed by atoms with van der Waals surface area (Å²) in [5.74, 6) is 1.25. The van der Waals surface area contributed by atoms with E-state index in [-0.39, 0.29) is 5.82 Å². The minimum atomic E-state index is -0.721. The number of hydrogen-bond donors (Lipinski definition) is 1. The molecule has 5 heteroatoms. The van der Waals surface area contributed by atoms with Crippen LogP contribution in [0.25, 0.3) is 0 Å². The van der Waals surface area contributed by atoms with Gasteiger partial charge in [0.05, 0.1) is 13.2 Å². The van der Waals surface area contributed by atoms with Gasteiger partial charge < -0.3 is 14.6 Å². The van der Waals surface area contributed by atoms with E-state index in [4.69, 9.17) is 9.47 Å². The summed E-state index contributed by atoms with van der Waals surface area (Å²) in [7, 11) is 1.63. The predicted molar refractivity (Wildman–Crippen MR) is 97.0 cm³/mol. The van der Waals surface area contributed by atoms with E-state index in [1.54, 1.807) is 25.4 Å². The monoisotopic (exact) mass is 353 g/mol. The van der Waals surface area contributed by atoms with Crippen LogP contribution >= 0.6 is 0 Å². The molecule has 0 radical (unpaired) electrons. The Morgan fingerprint density at radius 2 is 1.69 bits per heavy atom. The topological polar surface area (TPSA) is 51.6 Å². The highest BCUT2D eigenvalue weighted by Crippen LogP contribution is 2.30. The molecule has 1 heterocycles. The third-order valence-electron chi connectivity index (χ3n) is 4.05. The van der Waals surface area contributed by atoms with Gasteiger partial charge in [-0.1, -0.05) is 12.1 Å². The Morgan fingerprint density at radius 1 is 1.00 bits per heavy atom. The predicted octanol–water partition coefficient (Wildman–Crippen LogP) is 4.69. The van der Waals surface area contributed by atoms with E-state index in [0.717, 1.165) is 11.3 Å². The first kappa shape index (κ1) is 17.9. The Balaban J connectivity index is 1.68. The standard InChI is InChI=1S/C21H20FNO3/c1-25-17-9-4-15(5-10-17)6-13-20(24)19-3-2-14-23-21(19)26-18-11-7-16(22)8-12-18/h2-5,7-12,14,20,24H,6,13H2,1H3. The lowest BCUT2D eigenvalue weighted by molar-refractivity contribution is 0.164. The van der Waals surface area contributed by atoms with Crippen molar-refractivity contribution in [1.29, 1.82) is 0 Å². The molecule has 2 aromatic carbocycles. The summed E-state index contributed by atoms with van der Waals surface area (Å²) >= 11 is 0. The summed E-state index contributed by atoms with van der Waals surface area (Å²) in [5.41, 5.74) is 1.71. The van der Waals surface area contributed by atoms with Crippen molar-refractivity contribution in [1.82, 2.24) is 4.98 Å². The number of pyridine rings is 1. The minimum absolute atomic E-state index is 0.321. The van der Waals surface area contributed by atoms with Crippen LogP contribution in [0.1, 0.15) is 23.7 Å². The van der Waals surface area contributed by atoms with Crippen LogP contribution < -0.4 is 9.47 Å². The number of methoxy groups -OCH3 is 1. The van der Waals surface area contributed by atoms with E-state index >= 15 is 0 Å². The number of aryl methyl sites for hydroxylation is 1. The number of aliphatic hydroxyl groups excluding tert-OH is 1. The van der Waals surface area contributed by atoms with Crippen LogP contribution in [0.15, 0.2) is 66.9 Å². The molecule has 0 amide bonds. The molecule has 0 saturated heterocycles. The van der Waals surface area contributed by atoms with Crippen molar-refractivity contribution < 1.29 is 19.0 Å². The molecule has 0 aliphatic heterocycles. The van der Waals surface area contributed by atoms with Gasteiger partial charge in [-0.25, -0.2) is 9.37 Å². The van der Waals surface area contributed by atoms with Gasteiger partial charge in [-0.2, -0.15) is 0 Å². The number of ether oxygens (including phenoxy) is 2. The van der Waals surface area contributed by atoms with Crippen LogP contribution in [0.3, 0.4) is 0 Å². The Labute approximate surface area is 151 Å². The lowest BCUT2D eigenvalue weighted by Gasteiger charge is -2.15. The van der Waals surface area contributed by atoms with Gasteiger partial charge in [0.25, 0.3) is 0 Å². The van der Waals surface area contributed by atoms with Gasteiger partial charge in [0, 0.05) is 11.8 Å². The molecular formula is C21H20FNO3. The van der Waals surface area contributed by atoms with E-state index in [1.807, 2.05) is 24.3 Å². The van der Waals surface area contributed by atoms with Crippen molar-refractivity contribution in [3.8, 4) is 17.4 Å². The molecule has 26 heavy (non-hydrogen) atoms. The molecular weight excluding hydrogens is 333 g/mol. The van der Waals surface area contributed by atoms with E-state index in [2.05, 4.69) is 4.98 Å². The van der Waals surface area contributed by atoms with Gasteiger partial charge >= 0.3 is 0 Å². The van der Waals surface area contributed by atoms with Crippen LogP contribution in [0.2, 0.25) is 0 Å². The van der Waals surface area contributed by atoms with Crippen molar-refractivity contribution in [3.05, 3.63) is 83.8 Å². The maximum Gasteiger partial charge on any atom is 0.225 e. The zero-order chi connectivity index (χ0) is 18.4. The maximum atomic E-state index is 13.0. The highest BCUT2D eigenvalue weighted by atomic mass is 19.1. The molecule has 1 aromatic heterocycles. The fourth-order valence-corrected chi connectivity index (χ4v) is 2.61. The van der Waals surface area contributed by atoms with Crippen molar-refractivity contribution in [3.63, 3.8) is 0 Å². The summed E-state index contributed by atoms with van der Waals surface area (Å²) in [4.78, 5) is 4.20. The van der Waals surface area contributed by atoms with Gasteiger partial charge in [0.1, 0.15) is 17.3 Å². The van der Waals surface area contributed by atoms with Crippen molar-refractivity contribution in [2.45, 2.75) is 18.9 Å². The molecule has 3 rings (SSSR count). The molecule has 0 bridgehead atoms. The van der Waals surface area contributed by atoms with Crippen LogP contribution in [0.4, 0.5) is 4.39 Å². The summed E-state index contributed by atoms with van der Waals surface area (Å²) in [6, 6.07) is 17.0. The lowest BCUT2D eigenvalue weighted by atomic mass is 10.0. The van der Waals surface area contributed by atoms with Gasteiger partial charge in [-0.05, 0) is 66.9 Å². The minimum Gasteiger partial charge on any atom is -0.497 e. The number of nitrogens with zero attached hydrogens (tertiary/aromatic N) is 1. The molecule has 1 N–H and O–H groups in total. The molecule has 4 nitrogen and oxygen atoms in total. The maximum absolute atomic E-state index is 13.0. The quantitative estimate of drug-likeness (QED) is 0.670. The molecule has 0 saturated carbocycles. The summed E-state index contributed by atoms with van der Waals surface area (Å²) < 4.78 is 23.9. The van der Waals surface area contributed by atoms with E-state index in [9.17, 15) is 9.50 Å². The van der Waals surface area contributed by atoms with Gasteiger partial charge in [0.15, 0.2) is 0 Å². The number of aliphatic hydroxyl groups is 1. The molecule has 0 fully saturated rings. The Bertz CT molecular complexity index is 835. The molecule has 0 spiro atoms. The highest BCUT2D eigenvalue weighted by molar-refractivity contribution is 5.34. The number of aromatic nitrogens is 1. The fourth-order valence-electron chi connectivity index (χ4n) is 2.61. The fraction of sp³-hybridized carbons (Fsp3) is 0.190. The average molecular weight is 353 g/mol. The van der Waals surface area contributed by atoms with Crippen LogP contribution in [0.5, 0.6) is 17.4 Å². The van der Waals surface area contributed by atoms with E-state index < -0.39 is 6.10 Å². The second kappa shape index (κ2) is 8.45. The van der Waals surface area contributed by atoms with E-state index in [1.165, 1.54) is 24.3 Å². The van der Waals surface area contributed by atoms with Gasteiger partial charge in [-0.3, -0.25) is 0 Å². The van der Waals surface area contributed by atoms with Crippen LogP contribution in [0, 0.1) is 5.82 Å². The molecule has 0 aliphatic carbocycles. The van der Waals surface area contributed by atoms with Gasteiger partial charge in [-0.15, -0.1) is 0 Å². The van der Waals surface area contributed by atoms with Crippen LogP contribution in [-0.4, -0.2) is 17.2 Å². The third kappa shape index (κ3) is 4.58. The SMILES string of the molecule is COc1ccc(CCC(O)c2cccnc2Oc2ccc(F)cc2)cc1. The van der Waals surface area contributed by atoms with Crippen molar-refractivity contribution >= 4 is 0 Å². The molecule has 1 unspecified atom stereocenters. The molecule has 0 aliphatic rings. The number of hydrogen-bond acceptors (Lipinski definition) is 4. The lowest BCUT2D eigenvalue weighted by Crippen LogP contribution is -2.03. The number of halogens is 1. The zero-order valence-corrected chi connectivity index (χ0v) is 14.4. The second-order valence-electron chi connectivity index (χ2n) is 5.86. The Morgan fingerprint density at radius 3 is 2.38 bits per heavy atom. The average Bonchev–Trinajstić information content (AvgIpc) is 2.68. The molecule has 134 valence electrons. The normalized spacial score (nSPS) is 11.8. The van der Waals surface area contributed by atoms with Crippen molar-refractivity contribution in [2.75, 3.05) is 7.11 Å². The largest absolute Gasteiger partial charge is 0.497 e. The second-order valence-corrected chi connectivity index (χ2v) is 5.86. The first-order valence-corrected chi connectivity index (χ1v) is 8.35. The zero-order valence-electron chi connectivity index (χ0n) is 14.4. The van der Waals surface area contributed by atoms with E-state index in [0.29, 0.717) is 30.0 Å². The van der Waals surface area contributed by atoms with Gasteiger partial charge in [0.2, 0.25) is 5.88 Å². The number of rotatable bonds is 7. The Hall–Kier alpha value is -2.92. The number of benzene rings is 2. The molecule has 3 aromatic rings. The van der Waals surface area contributed by atoms with Crippen molar-refractivity contribution in [2.24, 2.45) is 0 Å². The first-order chi connectivity index (χ1) is 12.7. The summed E-state index contributed by atoms with van der Waals surface area (Å²) in [6.07, 6.45) is 2.10. The third-order valence-corrected chi connectivity index (χ3v) is 4.05. The smallest absolute Gasteiger partial charge is 0.225 e. The molecule has 1 atom stereocenters.